The van der Waals surface area contributed by atoms with Crippen LogP contribution in [0.15, 0.2) is 211 Å². The second-order valence-electron chi connectivity index (χ2n) is 14.1. The molecule has 0 bridgehead atoms. The Bertz CT molecular complexity index is 2780. The number of nitrogens with zero attached hydrogens (tertiary/aromatic N) is 2. The molecule has 5 heteroatoms. The van der Waals surface area contributed by atoms with Gasteiger partial charge in [-0.15, -0.1) is 11.3 Å². The molecule has 8 aromatic carbocycles. The van der Waals surface area contributed by atoms with Gasteiger partial charge in [0.25, 0.3) is 0 Å². The van der Waals surface area contributed by atoms with E-state index >= 15 is 0 Å². The van der Waals surface area contributed by atoms with E-state index in [1.165, 1.54) is 48.0 Å². The molecule has 1 aromatic heterocycles. The number of aliphatic imine (C=N–C) groups is 1. The average molecular weight is 739 g/mol. The van der Waals surface area contributed by atoms with Crippen LogP contribution in [0.25, 0.3) is 42.4 Å². The third-order valence-electron chi connectivity index (χ3n) is 10.6. The van der Waals surface area contributed by atoms with Gasteiger partial charge in [0, 0.05) is 42.8 Å². The highest BCUT2D eigenvalue weighted by atomic mass is 32.1. The minimum absolute atomic E-state index is 0.174. The zero-order valence-electron chi connectivity index (χ0n) is 30.6. The summed E-state index contributed by atoms with van der Waals surface area (Å²) in [7, 11) is 0. The standard InChI is InChI=1S/C51H38N4S/c1-5-14-35(15-6-1)37-24-26-40(27-25-37)50-52-49(39-18-9-3-10-19-39)53-51(54-50)45-22-13-23-46-48(45)44-33-32-43(34-47(44)56-46)55(41-20-11-4-12-21-41)42-30-28-38(29-31-42)36-16-7-2-8-17-36/h1-34,49,51,53H,(H,52,54). The third-order valence-corrected chi connectivity index (χ3v) is 11.7. The highest BCUT2D eigenvalue weighted by Gasteiger charge is 2.28. The fraction of sp³-hybridized carbons (Fsp3) is 0.0392. The summed E-state index contributed by atoms with van der Waals surface area (Å²) in [5.74, 6) is 0.873. The van der Waals surface area contributed by atoms with Gasteiger partial charge in [-0.2, -0.15) is 0 Å². The van der Waals surface area contributed by atoms with Crippen molar-refractivity contribution in [2.24, 2.45) is 4.99 Å². The van der Waals surface area contributed by atoms with Gasteiger partial charge in [-0.25, -0.2) is 4.99 Å². The van der Waals surface area contributed by atoms with E-state index < -0.39 is 0 Å². The molecule has 2 heterocycles. The largest absolute Gasteiger partial charge is 0.350 e. The van der Waals surface area contributed by atoms with Gasteiger partial charge in [-0.3, -0.25) is 5.32 Å². The molecule has 56 heavy (non-hydrogen) atoms. The zero-order valence-corrected chi connectivity index (χ0v) is 31.4. The Morgan fingerprint density at radius 3 is 1.64 bits per heavy atom. The summed E-state index contributed by atoms with van der Waals surface area (Å²) in [4.78, 5) is 7.58. The maximum Gasteiger partial charge on any atom is 0.131 e. The lowest BCUT2D eigenvalue weighted by Crippen LogP contribution is -2.45. The zero-order chi connectivity index (χ0) is 37.3. The van der Waals surface area contributed by atoms with Crippen LogP contribution in [0.5, 0.6) is 0 Å². The molecular formula is C51H38N4S. The Kier molecular flexibility index (Phi) is 8.92. The maximum atomic E-state index is 5.23. The van der Waals surface area contributed by atoms with Crippen molar-refractivity contribution in [3.05, 3.63) is 223 Å². The first kappa shape index (κ1) is 33.8. The van der Waals surface area contributed by atoms with Gasteiger partial charge in [0.15, 0.2) is 0 Å². The topological polar surface area (TPSA) is 39.7 Å². The summed E-state index contributed by atoms with van der Waals surface area (Å²) in [6, 6.07) is 73.4. The number of hydrogen-bond donors (Lipinski definition) is 2. The number of benzene rings is 8. The fourth-order valence-corrected chi connectivity index (χ4v) is 8.97. The molecule has 2 unspecified atom stereocenters. The molecule has 0 fully saturated rings. The van der Waals surface area contributed by atoms with Gasteiger partial charge in [-0.05, 0) is 75.8 Å². The first-order valence-electron chi connectivity index (χ1n) is 19.0. The van der Waals surface area contributed by atoms with E-state index in [-0.39, 0.29) is 12.3 Å². The van der Waals surface area contributed by atoms with Gasteiger partial charge < -0.3 is 10.2 Å². The Balaban J connectivity index is 1.03. The molecule has 1 aliphatic rings. The Morgan fingerprint density at radius 2 is 0.982 bits per heavy atom. The van der Waals surface area contributed by atoms with E-state index in [1.54, 1.807) is 0 Å². The van der Waals surface area contributed by atoms with E-state index in [0.717, 1.165) is 34.0 Å². The van der Waals surface area contributed by atoms with Gasteiger partial charge >= 0.3 is 0 Å². The fourth-order valence-electron chi connectivity index (χ4n) is 7.80. The number of anilines is 3. The predicted molar refractivity (Wildman–Crippen MR) is 236 cm³/mol. The van der Waals surface area contributed by atoms with Crippen molar-refractivity contribution in [2.45, 2.75) is 12.3 Å². The molecule has 4 nitrogen and oxygen atoms in total. The molecule has 2 N–H and O–H groups in total. The van der Waals surface area contributed by atoms with Gasteiger partial charge in [0.1, 0.15) is 18.2 Å². The summed E-state index contributed by atoms with van der Waals surface area (Å²) in [5, 5.41) is 10.2. The van der Waals surface area contributed by atoms with E-state index in [4.69, 9.17) is 4.99 Å². The molecule has 1 aliphatic heterocycles. The van der Waals surface area contributed by atoms with Crippen molar-refractivity contribution in [3.63, 3.8) is 0 Å². The number of nitrogens with one attached hydrogen (secondary N) is 2. The first-order valence-corrected chi connectivity index (χ1v) is 19.8. The van der Waals surface area contributed by atoms with Crippen LogP contribution in [0, 0.1) is 0 Å². The predicted octanol–water partition coefficient (Wildman–Crippen LogP) is 13.2. The minimum Gasteiger partial charge on any atom is -0.350 e. The number of rotatable bonds is 8. The summed E-state index contributed by atoms with van der Waals surface area (Å²) in [6.45, 7) is 0. The van der Waals surface area contributed by atoms with Crippen molar-refractivity contribution in [2.75, 3.05) is 4.90 Å². The number of thiophene rings is 1. The third kappa shape index (κ3) is 6.53. The Hall–Kier alpha value is -6.79. The van der Waals surface area contributed by atoms with Crippen LogP contribution in [-0.2, 0) is 0 Å². The van der Waals surface area contributed by atoms with Crippen LogP contribution < -0.4 is 15.5 Å². The molecule has 0 saturated carbocycles. The summed E-state index contributed by atoms with van der Waals surface area (Å²) < 4.78 is 2.50. The van der Waals surface area contributed by atoms with Crippen LogP contribution in [-0.4, -0.2) is 5.84 Å². The van der Waals surface area contributed by atoms with E-state index in [2.05, 4.69) is 222 Å². The molecule has 10 rings (SSSR count). The highest BCUT2D eigenvalue weighted by molar-refractivity contribution is 7.25. The minimum atomic E-state index is -0.217. The first-order chi connectivity index (χ1) is 27.7. The Morgan fingerprint density at radius 1 is 0.446 bits per heavy atom. The Labute approximate surface area is 331 Å². The van der Waals surface area contributed by atoms with Crippen LogP contribution in [0.1, 0.15) is 29.0 Å². The smallest absolute Gasteiger partial charge is 0.131 e. The number of hydrogen-bond acceptors (Lipinski definition) is 5. The molecular weight excluding hydrogens is 701 g/mol. The lowest BCUT2D eigenvalue weighted by atomic mass is 10.0. The molecule has 0 aliphatic carbocycles. The number of amidine groups is 1. The second-order valence-corrected chi connectivity index (χ2v) is 15.1. The van der Waals surface area contributed by atoms with Crippen molar-refractivity contribution in [1.82, 2.24) is 10.6 Å². The van der Waals surface area contributed by atoms with E-state index in [1.807, 2.05) is 11.3 Å². The summed E-state index contributed by atoms with van der Waals surface area (Å²) in [5.41, 5.74) is 11.5. The molecule has 0 saturated heterocycles. The van der Waals surface area contributed by atoms with Crippen molar-refractivity contribution < 1.29 is 0 Å². The van der Waals surface area contributed by atoms with Gasteiger partial charge in [-0.1, -0.05) is 164 Å². The quantitative estimate of drug-likeness (QED) is 0.163. The monoisotopic (exact) mass is 738 g/mol. The van der Waals surface area contributed by atoms with Gasteiger partial charge in [0.05, 0.1) is 0 Å². The number of fused-ring (bicyclic) bond motifs is 3. The van der Waals surface area contributed by atoms with Crippen LogP contribution in [0.4, 0.5) is 17.1 Å². The molecule has 268 valence electrons. The average Bonchev–Trinajstić information content (AvgIpc) is 3.66. The van der Waals surface area contributed by atoms with Crippen molar-refractivity contribution in [3.8, 4) is 22.3 Å². The highest BCUT2D eigenvalue weighted by Crippen LogP contribution is 2.43. The summed E-state index contributed by atoms with van der Waals surface area (Å²) in [6.07, 6.45) is -0.391. The van der Waals surface area contributed by atoms with Crippen molar-refractivity contribution in [1.29, 1.82) is 0 Å². The van der Waals surface area contributed by atoms with Crippen molar-refractivity contribution >= 4 is 54.4 Å². The SMILES string of the molecule is c1ccc(-c2ccc(C3=NC(c4ccccc4)NC(c4cccc5sc6cc(N(c7ccccc7)c7ccc(-c8ccccc8)cc7)ccc6c45)N3)cc2)cc1. The van der Waals surface area contributed by atoms with E-state index in [9.17, 15) is 0 Å². The molecule has 0 radical (unpaired) electrons. The van der Waals surface area contributed by atoms with Crippen LogP contribution >= 0.6 is 11.3 Å². The molecule has 9 aromatic rings. The lowest BCUT2D eigenvalue weighted by Gasteiger charge is -2.32. The number of para-hydroxylation sites is 1. The summed E-state index contributed by atoms with van der Waals surface area (Å²) >= 11 is 1.84. The van der Waals surface area contributed by atoms with Crippen LogP contribution in [0.3, 0.4) is 0 Å². The molecule has 2 atom stereocenters. The molecule has 0 spiro atoms. The van der Waals surface area contributed by atoms with Crippen LogP contribution in [0.2, 0.25) is 0 Å². The maximum absolute atomic E-state index is 5.23. The molecule has 0 amide bonds. The normalized spacial score (nSPS) is 15.3. The van der Waals surface area contributed by atoms with Gasteiger partial charge in [0.2, 0.25) is 0 Å². The lowest BCUT2D eigenvalue weighted by molar-refractivity contribution is 0.411. The second kappa shape index (κ2) is 14.8. The van der Waals surface area contributed by atoms with E-state index in [0.29, 0.717) is 0 Å².